The third kappa shape index (κ3) is 4.63. The first-order chi connectivity index (χ1) is 10.5. The molecule has 1 rings (SSSR count). The van der Waals surface area contributed by atoms with E-state index in [-0.39, 0.29) is 11.4 Å². The molecular formula is C17H28N2O3. The minimum Gasteiger partial charge on any atom is -0.497 e. The van der Waals surface area contributed by atoms with Crippen LogP contribution in [0, 0.1) is 0 Å². The zero-order valence-corrected chi connectivity index (χ0v) is 14.1. The van der Waals surface area contributed by atoms with Gasteiger partial charge in [0.1, 0.15) is 11.5 Å². The summed E-state index contributed by atoms with van der Waals surface area (Å²) in [4.78, 5) is 12.2. The van der Waals surface area contributed by atoms with Gasteiger partial charge >= 0.3 is 0 Å². The van der Waals surface area contributed by atoms with Gasteiger partial charge in [-0.1, -0.05) is 13.8 Å². The molecule has 0 spiro atoms. The molecule has 0 bridgehead atoms. The lowest BCUT2D eigenvalue weighted by Gasteiger charge is -2.31. The van der Waals surface area contributed by atoms with E-state index in [0.29, 0.717) is 19.4 Å². The van der Waals surface area contributed by atoms with Gasteiger partial charge in [0.2, 0.25) is 5.91 Å². The van der Waals surface area contributed by atoms with Crippen LogP contribution in [-0.2, 0) is 11.2 Å². The fourth-order valence-corrected chi connectivity index (χ4v) is 2.45. The molecule has 0 saturated carbocycles. The maximum absolute atomic E-state index is 12.2. The zero-order chi connectivity index (χ0) is 16.6. The summed E-state index contributed by atoms with van der Waals surface area (Å²) in [5.74, 6) is 1.54. The molecule has 124 valence electrons. The van der Waals surface area contributed by atoms with Crippen molar-refractivity contribution >= 4 is 5.91 Å². The highest BCUT2D eigenvalue weighted by molar-refractivity contribution is 5.77. The monoisotopic (exact) mass is 308 g/mol. The van der Waals surface area contributed by atoms with Crippen LogP contribution in [0.25, 0.3) is 0 Å². The Bertz CT molecular complexity index is 477. The molecule has 0 heterocycles. The molecule has 5 heteroatoms. The number of hydrogen-bond acceptors (Lipinski definition) is 4. The number of benzene rings is 1. The van der Waals surface area contributed by atoms with Crippen LogP contribution in [-0.4, -0.2) is 32.2 Å². The number of carbonyl (C=O) groups excluding carboxylic acids is 1. The molecule has 1 aromatic carbocycles. The van der Waals surface area contributed by atoms with Gasteiger partial charge in [-0.15, -0.1) is 0 Å². The second-order valence-electron chi connectivity index (χ2n) is 5.42. The number of ether oxygens (including phenoxy) is 2. The Morgan fingerprint density at radius 3 is 2.41 bits per heavy atom. The summed E-state index contributed by atoms with van der Waals surface area (Å²) in [6, 6.07) is 5.60. The Morgan fingerprint density at radius 2 is 1.91 bits per heavy atom. The number of rotatable bonds is 9. The van der Waals surface area contributed by atoms with Crippen molar-refractivity contribution in [3.8, 4) is 11.5 Å². The fourth-order valence-electron chi connectivity index (χ4n) is 2.45. The van der Waals surface area contributed by atoms with Crippen molar-refractivity contribution in [2.24, 2.45) is 5.73 Å². The summed E-state index contributed by atoms with van der Waals surface area (Å²) in [5, 5.41) is 3.08. The van der Waals surface area contributed by atoms with Crippen LogP contribution in [0.5, 0.6) is 11.5 Å². The van der Waals surface area contributed by atoms with E-state index in [2.05, 4.69) is 5.32 Å². The number of hydrogen-bond donors (Lipinski definition) is 2. The van der Waals surface area contributed by atoms with E-state index in [1.54, 1.807) is 14.2 Å². The molecule has 5 nitrogen and oxygen atoms in total. The van der Waals surface area contributed by atoms with Gasteiger partial charge in [0, 0.05) is 13.0 Å². The smallest absolute Gasteiger partial charge is 0.220 e. The number of nitrogens with one attached hydrogen (secondary N) is 1. The van der Waals surface area contributed by atoms with Crippen molar-refractivity contribution in [2.75, 3.05) is 20.8 Å². The number of methoxy groups -OCH3 is 2. The van der Waals surface area contributed by atoms with Gasteiger partial charge in [-0.05, 0) is 43.0 Å². The quantitative estimate of drug-likeness (QED) is 0.734. The molecule has 0 radical (unpaired) electrons. The van der Waals surface area contributed by atoms with Crippen molar-refractivity contribution in [3.05, 3.63) is 23.8 Å². The normalized spacial score (nSPS) is 11.1. The summed E-state index contributed by atoms with van der Waals surface area (Å²) in [6.45, 7) is 4.54. The van der Waals surface area contributed by atoms with E-state index in [1.165, 1.54) is 0 Å². The lowest BCUT2D eigenvalue weighted by atomic mass is 9.92. The lowest BCUT2D eigenvalue weighted by molar-refractivity contribution is -0.123. The summed E-state index contributed by atoms with van der Waals surface area (Å²) >= 11 is 0. The molecule has 0 saturated heterocycles. The van der Waals surface area contributed by atoms with E-state index in [4.69, 9.17) is 15.2 Å². The molecule has 3 N–H and O–H groups in total. The standard InChI is InChI=1S/C17H28N2O3/c1-5-17(6-2,12-18)19-16(20)10-7-13-11-14(21-3)8-9-15(13)22-4/h8-9,11H,5-7,10,12,18H2,1-4H3,(H,19,20). The second kappa shape index (κ2) is 8.63. The number of aryl methyl sites for hydroxylation is 1. The third-order valence-electron chi connectivity index (χ3n) is 4.26. The van der Waals surface area contributed by atoms with Gasteiger partial charge < -0.3 is 20.5 Å². The molecule has 0 unspecified atom stereocenters. The Morgan fingerprint density at radius 1 is 1.23 bits per heavy atom. The maximum atomic E-state index is 12.2. The molecule has 0 aromatic heterocycles. The molecule has 1 amide bonds. The van der Waals surface area contributed by atoms with E-state index >= 15 is 0 Å². The minimum atomic E-state index is -0.296. The Balaban J connectivity index is 2.71. The summed E-state index contributed by atoms with van der Waals surface area (Å²) in [6.07, 6.45) is 2.65. The predicted octanol–water partition coefficient (Wildman–Crippen LogP) is 2.27. The van der Waals surface area contributed by atoms with Crippen LogP contribution in [0.4, 0.5) is 0 Å². The van der Waals surface area contributed by atoms with Gasteiger partial charge in [0.15, 0.2) is 0 Å². The number of carbonyl (C=O) groups is 1. The second-order valence-corrected chi connectivity index (χ2v) is 5.42. The van der Waals surface area contributed by atoms with Crippen LogP contribution in [0.15, 0.2) is 18.2 Å². The molecular weight excluding hydrogens is 280 g/mol. The van der Waals surface area contributed by atoms with E-state index in [9.17, 15) is 4.79 Å². The van der Waals surface area contributed by atoms with Crippen LogP contribution >= 0.6 is 0 Å². The molecule has 0 fully saturated rings. The topological polar surface area (TPSA) is 73.6 Å². The molecule has 0 aliphatic carbocycles. The minimum absolute atomic E-state index is 0.0130. The molecule has 22 heavy (non-hydrogen) atoms. The van der Waals surface area contributed by atoms with Crippen molar-refractivity contribution in [1.29, 1.82) is 0 Å². The van der Waals surface area contributed by atoms with Crippen molar-refractivity contribution in [2.45, 2.75) is 45.1 Å². The average Bonchev–Trinajstić information content (AvgIpc) is 2.57. The van der Waals surface area contributed by atoms with Crippen molar-refractivity contribution < 1.29 is 14.3 Å². The summed E-state index contributed by atoms with van der Waals surface area (Å²) < 4.78 is 10.6. The van der Waals surface area contributed by atoms with Crippen molar-refractivity contribution in [1.82, 2.24) is 5.32 Å². The van der Waals surface area contributed by atoms with E-state index in [0.717, 1.165) is 29.9 Å². The highest BCUT2D eigenvalue weighted by Crippen LogP contribution is 2.25. The van der Waals surface area contributed by atoms with Gasteiger partial charge in [0.25, 0.3) is 0 Å². The first kappa shape index (κ1) is 18.3. The van der Waals surface area contributed by atoms with Crippen LogP contribution in [0.3, 0.4) is 0 Å². The first-order valence-electron chi connectivity index (χ1n) is 7.76. The molecule has 1 aromatic rings. The lowest BCUT2D eigenvalue weighted by Crippen LogP contribution is -2.52. The van der Waals surface area contributed by atoms with Crippen molar-refractivity contribution in [3.63, 3.8) is 0 Å². The highest BCUT2D eigenvalue weighted by atomic mass is 16.5. The van der Waals surface area contributed by atoms with Gasteiger partial charge in [-0.2, -0.15) is 0 Å². The van der Waals surface area contributed by atoms with Crippen LogP contribution in [0.2, 0.25) is 0 Å². The average molecular weight is 308 g/mol. The predicted molar refractivity (Wildman–Crippen MR) is 88.4 cm³/mol. The third-order valence-corrected chi connectivity index (χ3v) is 4.26. The van der Waals surface area contributed by atoms with Gasteiger partial charge in [-0.3, -0.25) is 4.79 Å². The first-order valence-corrected chi connectivity index (χ1v) is 7.76. The zero-order valence-electron chi connectivity index (χ0n) is 14.1. The van der Waals surface area contributed by atoms with E-state index in [1.807, 2.05) is 32.0 Å². The number of nitrogens with two attached hydrogens (primary N) is 1. The van der Waals surface area contributed by atoms with Crippen LogP contribution in [0.1, 0.15) is 38.7 Å². The molecule has 0 aliphatic heterocycles. The highest BCUT2D eigenvalue weighted by Gasteiger charge is 2.26. The maximum Gasteiger partial charge on any atom is 0.220 e. The SMILES string of the molecule is CCC(CC)(CN)NC(=O)CCc1cc(OC)ccc1OC. The Labute approximate surface area is 133 Å². The molecule has 0 atom stereocenters. The molecule has 0 aliphatic rings. The summed E-state index contributed by atoms with van der Waals surface area (Å²) in [7, 11) is 3.25. The van der Waals surface area contributed by atoms with Crippen LogP contribution < -0.4 is 20.5 Å². The fraction of sp³-hybridized carbons (Fsp3) is 0.588. The van der Waals surface area contributed by atoms with Gasteiger partial charge in [-0.25, -0.2) is 0 Å². The summed E-state index contributed by atoms with van der Waals surface area (Å²) in [5.41, 5.74) is 6.48. The Kier molecular flexibility index (Phi) is 7.18. The largest absolute Gasteiger partial charge is 0.497 e. The van der Waals surface area contributed by atoms with Gasteiger partial charge in [0.05, 0.1) is 19.8 Å². The van der Waals surface area contributed by atoms with E-state index < -0.39 is 0 Å². The number of amides is 1. The Hall–Kier alpha value is -1.75.